The molecule has 0 radical (unpaired) electrons. The lowest BCUT2D eigenvalue weighted by molar-refractivity contribution is 0.532. The van der Waals surface area contributed by atoms with Crippen molar-refractivity contribution in [2.45, 2.75) is 19.9 Å². The summed E-state index contributed by atoms with van der Waals surface area (Å²) in [5, 5.41) is 4.24. The first-order valence-electron chi connectivity index (χ1n) is 4.90. The van der Waals surface area contributed by atoms with E-state index in [9.17, 15) is 0 Å². The molecule has 2 aromatic rings. The molecule has 2 rings (SSSR count). The first kappa shape index (κ1) is 11.3. The smallest absolute Gasteiger partial charge is 0.164 e. The molecule has 0 atom stereocenters. The van der Waals surface area contributed by atoms with Gasteiger partial charge in [-0.1, -0.05) is 0 Å². The number of rotatable bonds is 2. The van der Waals surface area contributed by atoms with Crippen LogP contribution >= 0.6 is 22.6 Å². The molecule has 0 fully saturated rings. The van der Waals surface area contributed by atoms with E-state index in [2.05, 4.69) is 51.5 Å². The van der Waals surface area contributed by atoms with Gasteiger partial charge in [-0.3, -0.25) is 4.68 Å². The number of nitrogens with two attached hydrogens (primary N) is 1. The topological polar surface area (TPSA) is 69.6 Å². The van der Waals surface area contributed by atoms with E-state index in [1.54, 1.807) is 12.4 Å². The number of hydrogen-bond donors (Lipinski definition) is 1. The maximum absolute atomic E-state index is 5.74. The van der Waals surface area contributed by atoms with Gasteiger partial charge in [-0.05, 0) is 36.4 Å². The van der Waals surface area contributed by atoms with Crippen LogP contribution in [0.3, 0.4) is 0 Å². The number of nitrogens with zero attached hydrogens (tertiary/aromatic N) is 4. The summed E-state index contributed by atoms with van der Waals surface area (Å²) in [6.07, 6.45) is 5.39. The van der Waals surface area contributed by atoms with Crippen LogP contribution in [0.5, 0.6) is 0 Å². The molecule has 2 N–H and O–H groups in total. The van der Waals surface area contributed by atoms with Crippen molar-refractivity contribution in [1.29, 1.82) is 0 Å². The molecule has 2 heterocycles. The molecule has 0 aromatic carbocycles. The van der Waals surface area contributed by atoms with Gasteiger partial charge >= 0.3 is 0 Å². The maximum Gasteiger partial charge on any atom is 0.164 e. The van der Waals surface area contributed by atoms with E-state index in [0.717, 1.165) is 9.13 Å². The molecule has 0 bridgehead atoms. The predicted octanol–water partition coefficient (Wildman–Crippen LogP) is 2.11. The van der Waals surface area contributed by atoms with E-state index < -0.39 is 0 Å². The Morgan fingerprint density at radius 2 is 2.12 bits per heavy atom. The predicted molar refractivity (Wildman–Crippen MR) is 70.8 cm³/mol. The Labute approximate surface area is 107 Å². The van der Waals surface area contributed by atoms with Crippen molar-refractivity contribution >= 4 is 28.4 Å². The van der Waals surface area contributed by atoms with E-state index in [0.29, 0.717) is 17.7 Å². The Bertz CT molecular complexity index is 506. The third-order valence-electron chi connectivity index (χ3n) is 2.16. The van der Waals surface area contributed by atoms with Crippen LogP contribution in [-0.4, -0.2) is 19.7 Å². The summed E-state index contributed by atoms with van der Waals surface area (Å²) in [6, 6.07) is 0.329. The Kier molecular flexibility index (Phi) is 3.08. The number of hydrogen-bond acceptors (Lipinski definition) is 4. The van der Waals surface area contributed by atoms with Crippen LogP contribution in [0.15, 0.2) is 18.6 Å². The first-order valence-corrected chi connectivity index (χ1v) is 5.98. The summed E-state index contributed by atoms with van der Waals surface area (Å²) in [5.74, 6) is 1.12. The van der Waals surface area contributed by atoms with Crippen LogP contribution < -0.4 is 5.73 Å². The molecule has 0 aliphatic carbocycles. The largest absolute Gasteiger partial charge is 0.383 e. The molecular weight excluding hydrogens is 317 g/mol. The lowest BCUT2D eigenvalue weighted by Gasteiger charge is -2.03. The van der Waals surface area contributed by atoms with Crippen LogP contribution in [0.1, 0.15) is 19.9 Å². The van der Waals surface area contributed by atoms with Crippen molar-refractivity contribution in [3.8, 4) is 11.4 Å². The van der Waals surface area contributed by atoms with Gasteiger partial charge in [-0.2, -0.15) is 5.10 Å². The highest BCUT2D eigenvalue weighted by atomic mass is 127. The zero-order valence-corrected chi connectivity index (χ0v) is 11.2. The fourth-order valence-electron chi connectivity index (χ4n) is 1.26. The highest BCUT2D eigenvalue weighted by molar-refractivity contribution is 14.1. The van der Waals surface area contributed by atoms with E-state index in [1.165, 1.54) is 0 Å². The fourth-order valence-corrected chi connectivity index (χ4v) is 1.52. The van der Waals surface area contributed by atoms with Gasteiger partial charge in [0.2, 0.25) is 0 Å². The quantitative estimate of drug-likeness (QED) is 0.857. The number of halogens is 1. The fraction of sp³-hybridized carbons (Fsp3) is 0.300. The highest BCUT2D eigenvalue weighted by Crippen LogP contribution is 2.19. The Morgan fingerprint density at radius 1 is 1.38 bits per heavy atom. The van der Waals surface area contributed by atoms with Crippen molar-refractivity contribution in [2.24, 2.45) is 0 Å². The molecule has 0 saturated heterocycles. The number of anilines is 1. The minimum atomic E-state index is 0.329. The zero-order chi connectivity index (χ0) is 11.7. The van der Waals surface area contributed by atoms with Crippen LogP contribution in [-0.2, 0) is 0 Å². The molecule has 5 nitrogen and oxygen atoms in total. The van der Waals surface area contributed by atoms with E-state index in [4.69, 9.17) is 5.73 Å². The van der Waals surface area contributed by atoms with Gasteiger partial charge in [-0.15, -0.1) is 0 Å². The maximum atomic E-state index is 5.74. The average Bonchev–Trinajstić information content (AvgIpc) is 2.71. The molecule has 0 unspecified atom stereocenters. The summed E-state index contributed by atoms with van der Waals surface area (Å²) in [7, 11) is 0. The molecule has 0 saturated carbocycles. The summed E-state index contributed by atoms with van der Waals surface area (Å²) in [6.45, 7) is 4.14. The molecule has 0 spiro atoms. The summed E-state index contributed by atoms with van der Waals surface area (Å²) < 4.78 is 2.73. The monoisotopic (exact) mass is 329 g/mol. The summed E-state index contributed by atoms with van der Waals surface area (Å²) in [5.41, 5.74) is 6.62. The van der Waals surface area contributed by atoms with Crippen LogP contribution in [0.4, 0.5) is 5.82 Å². The van der Waals surface area contributed by atoms with Gasteiger partial charge in [0.25, 0.3) is 0 Å². The van der Waals surface area contributed by atoms with Crippen molar-refractivity contribution < 1.29 is 0 Å². The normalized spacial score (nSPS) is 11.0. The van der Waals surface area contributed by atoms with Gasteiger partial charge in [-0.25, -0.2) is 9.97 Å². The molecule has 0 aliphatic rings. The van der Waals surface area contributed by atoms with Crippen molar-refractivity contribution in [1.82, 2.24) is 19.7 Å². The summed E-state index contributed by atoms with van der Waals surface area (Å²) >= 11 is 2.11. The first-order chi connectivity index (χ1) is 7.58. The van der Waals surface area contributed by atoms with Gasteiger partial charge < -0.3 is 5.73 Å². The molecule has 6 heteroatoms. The molecule has 2 aromatic heterocycles. The van der Waals surface area contributed by atoms with Crippen LogP contribution in [0.25, 0.3) is 11.4 Å². The second-order valence-electron chi connectivity index (χ2n) is 3.73. The zero-order valence-electron chi connectivity index (χ0n) is 9.05. The minimum Gasteiger partial charge on any atom is -0.383 e. The molecular formula is C10H12IN5. The average molecular weight is 329 g/mol. The van der Waals surface area contributed by atoms with Crippen LogP contribution in [0, 0.1) is 3.57 Å². The summed E-state index contributed by atoms with van der Waals surface area (Å²) in [4.78, 5) is 8.45. The van der Waals surface area contributed by atoms with Gasteiger partial charge in [0, 0.05) is 18.4 Å². The van der Waals surface area contributed by atoms with Gasteiger partial charge in [0.05, 0.1) is 15.3 Å². The third kappa shape index (κ3) is 2.16. The Balaban J connectivity index is 2.39. The van der Waals surface area contributed by atoms with Crippen molar-refractivity contribution in [3.05, 3.63) is 22.2 Å². The van der Waals surface area contributed by atoms with E-state index in [1.807, 2.05) is 10.9 Å². The Morgan fingerprint density at radius 3 is 2.69 bits per heavy atom. The van der Waals surface area contributed by atoms with Crippen molar-refractivity contribution in [3.63, 3.8) is 0 Å². The minimum absolute atomic E-state index is 0.329. The van der Waals surface area contributed by atoms with Crippen LogP contribution in [0.2, 0.25) is 0 Å². The molecule has 16 heavy (non-hydrogen) atoms. The highest BCUT2D eigenvalue weighted by Gasteiger charge is 2.08. The molecule has 84 valence electrons. The Hall–Kier alpha value is -1.18. The van der Waals surface area contributed by atoms with Gasteiger partial charge in [0.1, 0.15) is 5.82 Å². The lowest BCUT2D eigenvalue weighted by Crippen LogP contribution is -2.00. The van der Waals surface area contributed by atoms with E-state index in [-0.39, 0.29) is 0 Å². The van der Waals surface area contributed by atoms with Crippen molar-refractivity contribution in [2.75, 3.05) is 5.73 Å². The third-order valence-corrected chi connectivity index (χ3v) is 2.99. The standard InChI is InChI=1S/C10H12IN5/c1-6(2)16-5-7(3-14-16)10-13-4-8(11)9(12)15-10/h3-6H,1-2H3,(H2,12,13,15). The lowest BCUT2D eigenvalue weighted by atomic mass is 10.3. The SMILES string of the molecule is CC(C)n1cc(-c2ncc(I)c(N)n2)cn1. The second kappa shape index (κ2) is 4.36. The number of aromatic nitrogens is 4. The molecule has 0 aliphatic heterocycles. The van der Waals surface area contributed by atoms with Gasteiger partial charge in [0.15, 0.2) is 5.82 Å². The van der Waals surface area contributed by atoms with E-state index >= 15 is 0 Å². The molecule has 0 amide bonds. The second-order valence-corrected chi connectivity index (χ2v) is 4.89. The number of nitrogen functional groups attached to an aromatic ring is 1.